The van der Waals surface area contributed by atoms with Crippen molar-refractivity contribution in [1.29, 1.82) is 0 Å². The molecule has 0 aromatic rings. The van der Waals surface area contributed by atoms with Crippen LogP contribution in [0.5, 0.6) is 0 Å². The van der Waals surface area contributed by atoms with E-state index in [2.05, 4.69) is 39.2 Å². The van der Waals surface area contributed by atoms with Crippen molar-refractivity contribution in [2.24, 2.45) is 23.2 Å². The Balaban J connectivity index is 1.48. The number of fused-ring (bicyclic) bond motifs is 1. The van der Waals surface area contributed by atoms with E-state index in [0.717, 1.165) is 24.0 Å². The van der Waals surface area contributed by atoms with E-state index < -0.39 is 12.2 Å². The first-order valence-electron chi connectivity index (χ1n) is 12.0. The summed E-state index contributed by atoms with van der Waals surface area (Å²) in [6, 6.07) is 0. The first-order valence-corrected chi connectivity index (χ1v) is 12.0. The van der Waals surface area contributed by atoms with Crippen LogP contribution in [0.25, 0.3) is 0 Å². The minimum Gasteiger partial charge on any atom is -0.459 e. The predicted octanol–water partition coefficient (Wildman–Crippen LogP) is 5.03. The lowest BCUT2D eigenvalue weighted by molar-refractivity contribution is -0.139. The van der Waals surface area contributed by atoms with E-state index in [1.807, 2.05) is 0 Å². The van der Waals surface area contributed by atoms with Gasteiger partial charge in [0.2, 0.25) is 0 Å². The van der Waals surface area contributed by atoms with Crippen LogP contribution in [0.1, 0.15) is 71.6 Å². The molecule has 0 aromatic carbocycles. The van der Waals surface area contributed by atoms with Gasteiger partial charge in [0.25, 0.3) is 0 Å². The van der Waals surface area contributed by atoms with Gasteiger partial charge in [0.1, 0.15) is 6.10 Å². The van der Waals surface area contributed by atoms with Crippen LogP contribution in [0.4, 0.5) is 0 Å². The highest BCUT2D eigenvalue weighted by atomic mass is 16.5. The molecule has 0 unspecified atom stereocenters. The van der Waals surface area contributed by atoms with Crippen molar-refractivity contribution in [2.75, 3.05) is 0 Å². The molecule has 4 rings (SSSR count). The summed E-state index contributed by atoms with van der Waals surface area (Å²) < 4.78 is 5.52. The topological polar surface area (TPSA) is 66.8 Å². The maximum Gasteiger partial charge on any atom is 0.333 e. The predicted molar refractivity (Wildman–Crippen MR) is 122 cm³/mol. The van der Waals surface area contributed by atoms with Gasteiger partial charge in [-0.25, -0.2) is 4.79 Å². The fraction of sp³-hybridized carbons (Fsp3) is 0.667. The molecule has 0 aromatic heterocycles. The van der Waals surface area contributed by atoms with Gasteiger partial charge in [-0.3, -0.25) is 0 Å². The number of carbonyl (C=O) groups excluding carboxylic acids is 1. The Morgan fingerprint density at radius 2 is 2.00 bits per heavy atom. The molecule has 170 valence electrons. The number of hydrogen-bond acceptors (Lipinski definition) is 4. The van der Waals surface area contributed by atoms with Crippen LogP contribution in [-0.4, -0.2) is 34.5 Å². The summed E-state index contributed by atoms with van der Waals surface area (Å²) >= 11 is 0. The third kappa shape index (κ3) is 4.34. The van der Waals surface area contributed by atoms with Crippen molar-refractivity contribution < 1.29 is 19.7 Å². The number of esters is 1. The highest BCUT2D eigenvalue weighted by Gasteiger charge is 2.51. The number of carbonyl (C=O) groups is 1. The lowest BCUT2D eigenvalue weighted by atomic mass is 9.60. The average molecular weight is 427 g/mol. The summed E-state index contributed by atoms with van der Waals surface area (Å²) in [5, 5.41) is 20.2. The number of cyclic esters (lactones) is 1. The monoisotopic (exact) mass is 426 g/mol. The van der Waals surface area contributed by atoms with Gasteiger partial charge in [-0.05, 0) is 79.3 Å². The van der Waals surface area contributed by atoms with E-state index in [-0.39, 0.29) is 17.5 Å². The minimum absolute atomic E-state index is 0.00356. The third-order valence-electron chi connectivity index (χ3n) is 8.66. The molecule has 3 saturated carbocycles. The van der Waals surface area contributed by atoms with Crippen LogP contribution in [0.15, 0.2) is 47.6 Å². The van der Waals surface area contributed by atoms with Gasteiger partial charge in [-0.1, -0.05) is 44.7 Å². The van der Waals surface area contributed by atoms with Crippen molar-refractivity contribution in [3.8, 4) is 0 Å². The number of aliphatic hydroxyl groups excluding tert-OH is 2. The number of hydrogen-bond donors (Lipinski definition) is 2. The van der Waals surface area contributed by atoms with E-state index >= 15 is 0 Å². The molecular weight excluding hydrogens is 388 g/mol. The summed E-state index contributed by atoms with van der Waals surface area (Å²) in [7, 11) is 0. The first-order chi connectivity index (χ1) is 14.7. The van der Waals surface area contributed by atoms with Crippen LogP contribution in [0, 0.1) is 23.2 Å². The van der Waals surface area contributed by atoms with Gasteiger partial charge in [0, 0.05) is 18.4 Å². The SMILES string of the molecule is C=C1C[C@H](C[C@@H](C)[C@H]2CC[C@H]3/C(=C/C=C4/C[C@@H](O)C[C@@H](O)C4=C)CCC[C@]23C)OC1=O. The molecule has 4 heteroatoms. The van der Waals surface area contributed by atoms with Crippen LogP contribution in [0.3, 0.4) is 0 Å². The first kappa shape index (κ1) is 22.5. The standard InChI is InChI=1S/C27H38O4/c1-16(12-22-13-17(2)26(30)31-22)23-9-10-24-19(6-5-11-27(23,24)4)7-8-20-14-21(28)15-25(29)18(20)3/h7-8,16,21-25,28-29H,2-3,5-6,9-15H2,1,4H3/b19-7+,20-8-/t16-,21-,22+,23-,24+,25-,27-/m1/s1. The molecule has 7 atom stereocenters. The Morgan fingerprint density at radius 3 is 2.71 bits per heavy atom. The fourth-order valence-corrected chi connectivity index (χ4v) is 7.02. The maximum absolute atomic E-state index is 11.7. The van der Waals surface area contributed by atoms with Crippen molar-refractivity contribution in [2.45, 2.75) is 89.9 Å². The van der Waals surface area contributed by atoms with Crippen molar-refractivity contribution in [3.63, 3.8) is 0 Å². The fourth-order valence-electron chi connectivity index (χ4n) is 7.02. The third-order valence-corrected chi connectivity index (χ3v) is 8.66. The molecule has 3 aliphatic carbocycles. The molecule has 0 spiro atoms. The van der Waals surface area contributed by atoms with Gasteiger partial charge in [-0.15, -0.1) is 0 Å². The lowest BCUT2D eigenvalue weighted by Gasteiger charge is -2.44. The van der Waals surface area contributed by atoms with Gasteiger partial charge >= 0.3 is 5.97 Å². The Hall–Kier alpha value is -1.65. The van der Waals surface area contributed by atoms with Crippen LogP contribution in [0.2, 0.25) is 0 Å². The Labute approximate surface area is 186 Å². The normalized spacial score (nSPS) is 42.2. The molecule has 1 heterocycles. The van der Waals surface area contributed by atoms with Crippen molar-refractivity contribution in [1.82, 2.24) is 0 Å². The number of aliphatic hydroxyl groups is 2. The molecule has 4 nitrogen and oxygen atoms in total. The second-order valence-electron chi connectivity index (χ2n) is 10.7. The zero-order valence-corrected chi connectivity index (χ0v) is 19.1. The molecular formula is C27H38O4. The summed E-state index contributed by atoms with van der Waals surface area (Å²) in [5.74, 6) is 1.51. The van der Waals surface area contributed by atoms with Crippen molar-refractivity contribution >= 4 is 5.97 Å². The van der Waals surface area contributed by atoms with E-state index in [4.69, 9.17) is 4.74 Å². The minimum atomic E-state index is -0.637. The zero-order valence-electron chi connectivity index (χ0n) is 19.1. The highest BCUT2D eigenvalue weighted by Crippen LogP contribution is 2.60. The lowest BCUT2D eigenvalue weighted by Crippen LogP contribution is -2.36. The molecule has 1 aliphatic heterocycles. The summed E-state index contributed by atoms with van der Waals surface area (Å²) in [6.07, 6.45) is 11.8. The molecule has 0 bridgehead atoms. The Kier molecular flexibility index (Phi) is 6.33. The van der Waals surface area contributed by atoms with E-state index in [9.17, 15) is 15.0 Å². The summed E-state index contributed by atoms with van der Waals surface area (Å²) in [4.78, 5) is 11.7. The Morgan fingerprint density at radius 1 is 1.23 bits per heavy atom. The second kappa shape index (κ2) is 8.71. The molecule has 4 aliphatic rings. The summed E-state index contributed by atoms with van der Waals surface area (Å²) in [6.45, 7) is 12.7. The zero-order chi connectivity index (χ0) is 22.3. The molecule has 1 saturated heterocycles. The number of rotatable bonds is 4. The van der Waals surface area contributed by atoms with Gasteiger partial charge in [0.15, 0.2) is 0 Å². The highest BCUT2D eigenvalue weighted by molar-refractivity contribution is 5.89. The van der Waals surface area contributed by atoms with Gasteiger partial charge in [0.05, 0.1) is 12.2 Å². The largest absolute Gasteiger partial charge is 0.459 e. The molecule has 2 N–H and O–H groups in total. The van der Waals surface area contributed by atoms with Crippen molar-refractivity contribution in [3.05, 3.63) is 47.6 Å². The van der Waals surface area contributed by atoms with Gasteiger partial charge < -0.3 is 14.9 Å². The van der Waals surface area contributed by atoms with Gasteiger partial charge in [-0.2, -0.15) is 0 Å². The smallest absolute Gasteiger partial charge is 0.333 e. The molecule has 31 heavy (non-hydrogen) atoms. The van der Waals surface area contributed by atoms with Crippen LogP contribution in [-0.2, 0) is 9.53 Å². The van der Waals surface area contributed by atoms with E-state index in [1.165, 1.54) is 31.3 Å². The van der Waals surface area contributed by atoms with E-state index in [1.54, 1.807) is 0 Å². The molecule has 0 amide bonds. The average Bonchev–Trinajstić information content (AvgIpc) is 3.22. The number of ether oxygens (including phenoxy) is 1. The van der Waals surface area contributed by atoms with Crippen LogP contribution >= 0.6 is 0 Å². The molecule has 0 radical (unpaired) electrons. The quantitative estimate of drug-likeness (QED) is 0.489. The maximum atomic E-state index is 11.7. The van der Waals surface area contributed by atoms with E-state index in [0.29, 0.717) is 42.6 Å². The van der Waals surface area contributed by atoms with Crippen LogP contribution < -0.4 is 0 Å². The molecule has 4 fully saturated rings. The second-order valence-corrected chi connectivity index (χ2v) is 10.7. The number of allylic oxidation sites excluding steroid dienone is 3. The Bertz CT molecular complexity index is 805. The summed E-state index contributed by atoms with van der Waals surface area (Å²) in [5.41, 5.74) is 4.15.